The van der Waals surface area contributed by atoms with Crippen molar-refractivity contribution >= 4 is 0 Å². The molecule has 0 saturated carbocycles. The minimum Gasteiger partial charge on any atom is -0.449 e. The van der Waals surface area contributed by atoms with E-state index in [1.54, 1.807) is 0 Å². The minimum atomic E-state index is 0.260. The summed E-state index contributed by atoms with van der Waals surface area (Å²) >= 11 is 0. The predicted molar refractivity (Wildman–Crippen MR) is 39.6 cm³/mol. The Morgan fingerprint density at radius 3 is 2.73 bits per heavy atom. The predicted octanol–water partition coefficient (Wildman–Crippen LogP) is 1.59. The molecule has 1 rings (SSSR count). The van der Waals surface area contributed by atoms with Crippen molar-refractivity contribution in [1.82, 2.24) is 10.1 Å². The second-order valence-corrected chi connectivity index (χ2v) is 2.51. The molecule has 0 saturated heterocycles. The van der Waals surface area contributed by atoms with E-state index < -0.39 is 0 Å². The Hall–Kier alpha value is -1.06. The Morgan fingerprint density at radius 2 is 2.27 bits per heavy atom. The van der Waals surface area contributed by atoms with E-state index in [-0.39, 0.29) is 12.0 Å². The smallest absolute Gasteiger partial charge is 0.417 e. The van der Waals surface area contributed by atoms with E-state index >= 15 is 0 Å². The number of hydrogen-bond donors (Lipinski definition) is 0. The molecule has 0 bridgehead atoms. The summed E-state index contributed by atoms with van der Waals surface area (Å²) in [5, 5.41) is 3.72. The molecule has 0 fully saturated rings. The van der Waals surface area contributed by atoms with Gasteiger partial charge in [0.1, 0.15) is 0 Å². The van der Waals surface area contributed by atoms with Crippen LogP contribution < -0.4 is 4.74 Å². The van der Waals surface area contributed by atoms with E-state index in [0.717, 1.165) is 0 Å². The molecular weight excluding hydrogens is 144 g/mol. The number of nitrogens with zero attached hydrogens (tertiary/aromatic N) is 2. The lowest BCUT2D eigenvalue weighted by atomic mass is 10.2. The quantitative estimate of drug-likeness (QED) is 0.666. The van der Waals surface area contributed by atoms with Gasteiger partial charge in [0, 0.05) is 5.92 Å². The van der Waals surface area contributed by atoms with Gasteiger partial charge in [0.25, 0.3) is 0 Å². The summed E-state index contributed by atoms with van der Waals surface area (Å²) in [7, 11) is 0. The highest BCUT2D eigenvalue weighted by Gasteiger charge is 2.08. The van der Waals surface area contributed by atoms with E-state index in [2.05, 4.69) is 10.1 Å². The van der Waals surface area contributed by atoms with Crippen molar-refractivity contribution in [3.05, 3.63) is 5.82 Å². The summed E-state index contributed by atoms with van der Waals surface area (Å²) in [5.74, 6) is 0.974. The summed E-state index contributed by atoms with van der Waals surface area (Å²) < 4.78 is 9.78. The van der Waals surface area contributed by atoms with Crippen molar-refractivity contribution in [2.24, 2.45) is 0 Å². The highest BCUT2D eigenvalue weighted by Crippen LogP contribution is 2.13. The van der Waals surface area contributed by atoms with Crippen LogP contribution in [0.4, 0.5) is 0 Å². The van der Waals surface area contributed by atoms with E-state index in [4.69, 9.17) is 9.26 Å². The van der Waals surface area contributed by atoms with E-state index in [0.29, 0.717) is 12.4 Å². The lowest BCUT2D eigenvalue weighted by Gasteiger charge is -1.92. The van der Waals surface area contributed by atoms with Crippen LogP contribution in [0, 0.1) is 0 Å². The van der Waals surface area contributed by atoms with Crippen LogP contribution in [0.15, 0.2) is 4.52 Å². The first-order chi connectivity index (χ1) is 5.24. The van der Waals surface area contributed by atoms with Crippen molar-refractivity contribution in [2.75, 3.05) is 6.61 Å². The van der Waals surface area contributed by atoms with Crippen molar-refractivity contribution in [3.63, 3.8) is 0 Å². The zero-order chi connectivity index (χ0) is 8.27. The van der Waals surface area contributed by atoms with Gasteiger partial charge in [-0.25, -0.2) is 0 Å². The van der Waals surface area contributed by atoms with Crippen LogP contribution in [0.1, 0.15) is 32.5 Å². The van der Waals surface area contributed by atoms with Crippen molar-refractivity contribution < 1.29 is 9.26 Å². The number of rotatable bonds is 3. The van der Waals surface area contributed by atoms with Crippen LogP contribution >= 0.6 is 0 Å². The van der Waals surface area contributed by atoms with Crippen molar-refractivity contribution in [1.29, 1.82) is 0 Å². The molecule has 0 atom stereocenters. The van der Waals surface area contributed by atoms with Gasteiger partial charge in [-0.05, 0) is 6.92 Å². The van der Waals surface area contributed by atoms with E-state index in [1.165, 1.54) is 0 Å². The first-order valence-corrected chi connectivity index (χ1v) is 3.70. The minimum absolute atomic E-state index is 0.260. The van der Waals surface area contributed by atoms with Gasteiger partial charge >= 0.3 is 6.08 Å². The van der Waals surface area contributed by atoms with Gasteiger partial charge < -0.3 is 4.74 Å². The summed E-state index contributed by atoms with van der Waals surface area (Å²) in [6, 6.07) is 0. The second-order valence-electron chi connectivity index (χ2n) is 2.51. The molecule has 1 heterocycles. The molecule has 1 aromatic rings. The summed E-state index contributed by atoms with van der Waals surface area (Å²) in [5.41, 5.74) is 0. The molecular formula is C7H12N2O2. The standard InChI is InChI=1S/C7H12N2O2/c1-4-10-7-8-6(5(2)3)9-11-7/h5H,4H2,1-3H3. The maximum absolute atomic E-state index is 5.00. The van der Waals surface area contributed by atoms with Gasteiger partial charge in [-0.2, -0.15) is 4.98 Å². The normalized spacial score (nSPS) is 10.5. The molecule has 0 aliphatic rings. The zero-order valence-electron chi connectivity index (χ0n) is 7.00. The fourth-order valence-corrected chi connectivity index (χ4v) is 0.637. The maximum atomic E-state index is 5.00. The zero-order valence-corrected chi connectivity index (χ0v) is 7.00. The highest BCUT2D eigenvalue weighted by molar-refractivity contribution is 4.94. The molecule has 0 amide bonds. The molecule has 0 aliphatic carbocycles. The van der Waals surface area contributed by atoms with Crippen LogP contribution in [-0.4, -0.2) is 16.7 Å². The fourth-order valence-electron chi connectivity index (χ4n) is 0.637. The molecule has 11 heavy (non-hydrogen) atoms. The van der Waals surface area contributed by atoms with Crippen LogP contribution in [0.2, 0.25) is 0 Å². The highest BCUT2D eigenvalue weighted by atomic mass is 16.6. The number of ether oxygens (including phenoxy) is 1. The van der Waals surface area contributed by atoms with Gasteiger partial charge in [0.05, 0.1) is 6.61 Å². The topological polar surface area (TPSA) is 48.2 Å². The molecule has 62 valence electrons. The fraction of sp³-hybridized carbons (Fsp3) is 0.714. The first-order valence-electron chi connectivity index (χ1n) is 3.70. The van der Waals surface area contributed by atoms with Gasteiger partial charge in [-0.1, -0.05) is 19.0 Å². The Bertz CT molecular complexity index is 220. The number of aromatic nitrogens is 2. The van der Waals surface area contributed by atoms with Crippen molar-refractivity contribution in [3.8, 4) is 6.08 Å². The van der Waals surface area contributed by atoms with Crippen molar-refractivity contribution in [2.45, 2.75) is 26.7 Å². The lowest BCUT2D eigenvalue weighted by Crippen LogP contribution is -1.93. The van der Waals surface area contributed by atoms with E-state index in [1.807, 2.05) is 20.8 Å². The third kappa shape index (κ3) is 1.93. The second kappa shape index (κ2) is 3.37. The summed E-state index contributed by atoms with van der Waals surface area (Å²) in [6.07, 6.45) is 0.260. The van der Waals surface area contributed by atoms with Gasteiger partial charge in [0.15, 0.2) is 5.82 Å². The summed E-state index contributed by atoms with van der Waals surface area (Å²) in [4.78, 5) is 4.00. The first kappa shape index (κ1) is 8.04. The van der Waals surface area contributed by atoms with Crippen LogP contribution in [0.3, 0.4) is 0 Å². The van der Waals surface area contributed by atoms with Gasteiger partial charge in [0.2, 0.25) is 0 Å². The molecule has 0 radical (unpaired) electrons. The Morgan fingerprint density at radius 1 is 1.55 bits per heavy atom. The molecule has 0 aliphatic heterocycles. The third-order valence-corrected chi connectivity index (χ3v) is 1.21. The van der Waals surface area contributed by atoms with Crippen LogP contribution in [0.25, 0.3) is 0 Å². The molecule has 0 aromatic carbocycles. The van der Waals surface area contributed by atoms with Crippen LogP contribution in [0.5, 0.6) is 6.08 Å². The molecule has 0 spiro atoms. The monoisotopic (exact) mass is 156 g/mol. The van der Waals surface area contributed by atoms with E-state index in [9.17, 15) is 0 Å². The molecule has 0 unspecified atom stereocenters. The Labute approximate surface area is 65.6 Å². The molecule has 4 heteroatoms. The SMILES string of the molecule is CCOc1nc(C(C)C)no1. The maximum Gasteiger partial charge on any atom is 0.417 e. The third-order valence-electron chi connectivity index (χ3n) is 1.21. The number of hydrogen-bond acceptors (Lipinski definition) is 4. The van der Waals surface area contributed by atoms with Crippen LogP contribution in [-0.2, 0) is 0 Å². The average molecular weight is 156 g/mol. The molecule has 1 aromatic heterocycles. The van der Waals surface area contributed by atoms with Gasteiger partial charge in [-0.15, -0.1) is 0 Å². The molecule has 4 nitrogen and oxygen atoms in total. The average Bonchev–Trinajstić information content (AvgIpc) is 2.37. The Balaban J connectivity index is 2.66. The summed E-state index contributed by atoms with van der Waals surface area (Å²) in [6.45, 7) is 6.43. The Kier molecular flexibility index (Phi) is 2.46. The van der Waals surface area contributed by atoms with Gasteiger partial charge in [-0.3, -0.25) is 4.52 Å². The largest absolute Gasteiger partial charge is 0.449 e. The lowest BCUT2D eigenvalue weighted by molar-refractivity contribution is 0.215. The molecule has 0 N–H and O–H groups in total.